The monoisotopic (exact) mass is 291 g/mol. The van der Waals surface area contributed by atoms with Crippen molar-refractivity contribution >= 4 is 12.1 Å². The fraction of sp³-hybridized carbons (Fsp3) is 0.500. The van der Waals surface area contributed by atoms with Gasteiger partial charge in [0.2, 0.25) is 0 Å². The molecule has 0 atom stereocenters. The van der Waals surface area contributed by atoms with Gasteiger partial charge < -0.3 is 14.7 Å². The van der Waals surface area contributed by atoms with E-state index in [1.54, 1.807) is 0 Å². The molecule has 114 valence electrons. The first-order chi connectivity index (χ1) is 10.1. The van der Waals surface area contributed by atoms with E-state index in [4.69, 9.17) is 4.74 Å². The quantitative estimate of drug-likeness (QED) is 0.866. The molecule has 1 amide bonds. The minimum absolute atomic E-state index is 0.0244. The Labute approximate surface area is 124 Å². The van der Waals surface area contributed by atoms with E-state index in [9.17, 15) is 14.7 Å². The number of rotatable bonds is 4. The third-order valence-corrected chi connectivity index (χ3v) is 4.11. The summed E-state index contributed by atoms with van der Waals surface area (Å²) in [5, 5.41) is 9.44. The van der Waals surface area contributed by atoms with E-state index in [1.807, 2.05) is 30.3 Å². The van der Waals surface area contributed by atoms with Gasteiger partial charge in [0.1, 0.15) is 0 Å². The maximum atomic E-state index is 11.5. The molecule has 21 heavy (non-hydrogen) atoms. The zero-order chi connectivity index (χ0) is 15.2. The standard InChI is InChI=1S/C16H21NO4/c1-21-15(18)13-7-9-14(10-8-13)17(16(19)20)11-12-5-3-2-4-6-12/h2-6,13-14H,7-11H2,1H3,(H,19,20). The minimum atomic E-state index is -0.902. The Balaban J connectivity index is 1.97. The Hall–Kier alpha value is -2.04. The molecular formula is C16H21NO4. The lowest BCUT2D eigenvalue weighted by Gasteiger charge is -2.34. The molecule has 0 spiro atoms. The van der Waals surface area contributed by atoms with E-state index >= 15 is 0 Å². The lowest BCUT2D eigenvalue weighted by Crippen LogP contribution is -2.42. The summed E-state index contributed by atoms with van der Waals surface area (Å²) in [4.78, 5) is 24.5. The molecule has 1 aliphatic carbocycles. The number of ether oxygens (including phenoxy) is 1. The molecule has 0 bridgehead atoms. The van der Waals surface area contributed by atoms with Gasteiger partial charge >= 0.3 is 12.1 Å². The van der Waals surface area contributed by atoms with Crippen LogP contribution in [-0.4, -0.2) is 35.2 Å². The summed E-state index contributed by atoms with van der Waals surface area (Å²) in [6.07, 6.45) is 1.89. The largest absolute Gasteiger partial charge is 0.469 e. The number of carboxylic acid groups (broad SMARTS) is 1. The SMILES string of the molecule is COC(=O)C1CCC(N(Cc2ccccc2)C(=O)O)CC1. The van der Waals surface area contributed by atoms with Crippen molar-refractivity contribution in [1.29, 1.82) is 0 Å². The van der Waals surface area contributed by atoms with Gasteiger partial charge in [0.05, 0.1) is 13.0 Å². The Morgan fingerprint density at radius 1 is 1.19 bits per heavy atom. The van der Waals surface area contributed by atoms with Crippen LogP contribution in [0.2, 0.25) is 0 Å². The molecule has 1 aliphatic rings. The predicted molar refractivity (Wildman–Crippen MR) is 77.8 cm³/mol. The van der Waals surface area contributed by atoms with E-state index in [0.717, 1.165) is 5.56 Å². The Kier molecular flexibility index (Phi) is 5.20. The second-order valence-electron chi connectivity index (χ2n) is 5.42. The maximum absolute atomic E-state index is 11.5. The molecule has 1 fully saturated rings. The molecule has 1 N–H and O–H groups in total. The number of carbonyl (C=O) groups is 2. The third kappa shape index (κ3) is 3.97. The Morgan fingerprint density at radius 2 is 1.81 bits per heavy atom. The van der Waals surface area contributed by atoms with Crippen LogP contribution >= 0.6 is 0 Å². The average Bonchev–Trinajstić information content (AvgIpc) is 2.53. The summed E-state index contributed by atoms with van der Waals surface area (Å²) in [6.45, 7) is 0.393. The molecule has 0 saturated heterocycles. The highest BCUT2D eigenvalue weighted by Crippen LogP contribution is 2.29. The minimum Gasteiger partial charge on any atom is -0.469 e. The van der Waals surface area contributed by atoms with Crippen molar-refractivity contribution in [3.63, 3.8) is 0 Å². The molecule has 2 rings (SSSR count). The molecular weight excluding hydrogens is 270 g/mol. The highest BCUT2D eigenvalue weighted by Gasteiger charge is 2.31. The normalized spacial score (nSPS) is 21.6. The van der Waals surface area contributed by atoms with Crippen LogP contribution in [0.3, 0.4) is 0 Å². The van der Waals surface area contributed by atoms with E-state index in [2.05, 4.69) is 0 Å². The van der Waals surface area contributed by atoms with Crippen LogP contribution in [-0.2, 0) is 16.1 Å². The summed E-state index contributed by atoms with van der Waals surface area (Å²) in [7, 11) is 1.40. The maximum Gasteiger partial charge on any atom is 0.407 e. The second kappa shape index (κ2) is 7.11. The van der Waals surface area contributed by atoms with Crippen LogP contribution in [0.15, 0.2) is 30.3 Å². The number of benzene rings is 1. The summed E-state index contributed by atoms with van der Waals surface area (Å²) >= 11 is 0. The molecule has 1 saturated carbocycles. The van der Waals surface area contributed by atoms with E-state index in [-0.39, 0.29) is 17.9 Å². The van der Waals surface area contributed by atoms with Crippen molar-refractivity contribution in [3.05, 3.63) is 35.9 Å². The molecule has 5 nitrogen and oxygen atoms in total. The van der Waals surface area contributed by atoms with Crippen molar-refractivity contribution < 1.29 is 19.4 Å². The summed E-state index contributed by atoms with van der Waals surface area (Å²) < 4.78 is 4.76. The lowest BCUT2D eigenvalue weighted by molar-refractivity contribution is -0.146. The molecule has 0 aliphatic heterocycles. The van der Waals surface area contributed by atoms with Crippen molar-refractivity contribution in [1.82, 2.24) is 4.90 Å². The molecule has 1 aromatic carbocycles. The molecule has 0 unspecified atom stereocenters. The molecule has 5 heteroatoms. The summed E-state index contributed by atoms with van der Waals surface area (Å²) in [5.41, 5.74) is 0.981. The van der Waals surface area contributed by atoms with Crippen LogP contribution < -0.4 is 0 Å². The number of amides is 1. The van der Waals surface area contributed by atoms with Crippen LogP contribution in [0.1, 0.15) is 31.2 Å². The number of carbonyl (C=O) groups excluding carboxylic acids is 1. The molecule has 0 aromatic heterocycles. The third-order valence-electron chi connectivity index (χ3n) is 4.11. The Bertz CT molecular complexity index is 480. The fourth-order valence-corrected chi connectivity index (χ4v) is 2.92. The topological polar surface area (TPSA) is 66.8 Å². The van der Waals surface area contributed by atoms with E-state index in [0.29, 0.717) is 32.2 Å². The second-order valence-corrected chi connectivity index (χ2v) is 5.42. The number of methoxy groups -OCH3 is 1. The van der Waals surface area contributed by atoms with Crippen LogP contribution in [0.4, 0.5) is 4.79 Å². The number of esters is 1. The van der Waals surface area contributed by atoms with E-state index in [1.165, 1.54) is 12.0 Å². The smallest absolute Gasteiger partial charge is 0.407 e. The van der Waals surface area contributed by atoms with Gasteiger partial charge in [-0.3, -0.25) is 4.79 Å². The van der Waals surface area contributed by atoms with Crippen LogP contribution in [0.25, 0.3) is 0 Å². The van der Waals surface area contributed by atoms with Crippen molar-refractivity contribution in [2.24, 2.45) is 5.92 Å². The van der Waals surface area contributed by atoms with Crippen molar-refractivity contribution in [2.75, 3.05) is 7.11 Å². The van der Waals surface area contributed by atoms with Gasteiger partial charge in [-0.2, -0.15) is 0 Å². The van der Waals surface area contributed by atoms with Crippen LogP contribution in [0, 0.1) is 5.92 Å². The van der Waals surface area contributed by atoms with Gasteiger partial charge in [0, 0.05) is 12.6 Å². The molecule has 0 heterocycles. The first kappa shape index (κ1) is 15.4. The average molecular weight is 291 g/mol. The van der Waals surface area contributed by atoms with Gasteiger partial charge in [-0.1, -0.05) is 30.3 Å². The summed E-state index contributed by atoms with van der Waals surface area (Å²) in [6, 6.07) is 9.55. The van der Waals surface area contributed by atoms with Gasteiger partial charge in [0.25, 0.3) is 0 Å². The van der Waals surface area contributed by atoms with Gasteiger partial charge in [0.15, 0.2) is 0 Å². The van der Waals surface area contributed by atoms with Crippen LogP contribution in [0.5, 0.6) is 0 Å². The highest BCUT2D eigenvalue weighted by atomic mass is 16.5. The number of nitrogens with zero attached hydrogens (tertiary/aromatic N) is 1. The van der Waals surface area contributed by atoms with Crippen molar-refractivity contribution in [2.45, 2.75) is 38.3 Å². The summed E-state index contributed by atoms with van der Waals surface area (Å²) in [5.74, 6) is -0.267. The zero-order valence-electron chi connectivity index (χ0n) is 12.2. The van der Waals surface area contributed by atoms with Gasteiger partial charge in [-0.05, 0) is 31.2 Å². The first-order valence-corrected chi connectivity index (χ1v) is 7.23. The molecule has 1 aromatic rings. The highest BCUT2D eigenvalue weighted by molar-refractivity contribution is 5.72. The van der Waals surface area contributed by atoms with E-state index < -0.39 is 6.09 Å². The zero-order valence-corrected chi connectivity index (χ0v) is 12.2. The van der Waals surface area contributed by atoms with Gasteiger partial charge in [-0.25, -0.2) is 4.79 Å². The predicted octanol–water partition coefficient (Wildman–Crippen LogP) is 2.90. The number of hydrogen-bond acceptors (Lipinski definition) is 3. The van der Waals surface area contributed by atoms with Gasteiger partial charge in [-0.15, -0.1) is 0 Å². The van der Waals surface area contributed by atoms with Crippen molar-refractivity contribution in [3.8, 4) is 0 Å². The fourth-order valence-electron chi connectivity index (χ4n) is 2.92. The number of hydrogen-bond donors (Lipinski definition) is 1. The first-order valence-electron chi connectivity index (χ1n) is 7.23. The Morgan fingerprint density at radius 3 is 2.33 bits per heavy atom. The molecule has 0 radical (unpaired) electrons. The lowest BCUT2D eigenvalue weighted by atomic mass is 9.85.